The van der Waals surface area contributed by atoms with Gasteiger partial charge in [0, 0.05) is 0 Å². The van der Waals surface area contributed by atoms with Gasteiger partial charge in [0.25, 0.3) is 11.8 Å². The quantitative estimate of drug-likeness (QED) is 0.613. The summed E-state index contributed by atoms with van der Waals surface area (Å²) in [6.45, 7) is 0. The van der Waals surface area contributed by atoms with Crippen molar-refractivity contribution in [1.29, 1.82) is 0 Å². The van der Waals surface area contributed by atoms with E-state index >= 15 is 0 Å². The number of hydrogen-bond acceptors (Lipinski definition) is 6. The second-order valence-electron chi connectivity index (χ2n) is 4.88. The summed E-state index contributed by atoms with van der Waals surface area (Å²) in [5, 5.41) is 6.67. The van der Waals surface area contributed by atoms with Gasteiger partial charge in [-0.2, -0.15) is 4.98 Å². The third kappa shape index (κ3) is 2.58. The lowest BCUT2D eigenvalue weighted by Gasteiger charge is -2.06. The highest BCUT2D eigenvalue weighted by Crippen LogP contribution is 2.28. The van der Waals surface area contributed by atoms with E-state index in [0.717, 1.165) is 0 Å². The average Bonchev–Trinajstić information content (AvgIpc) is 3.35. The van der Waals surface area contributed by atoms with Gasteiger partial charge in [-0.3, -0.25) is 4.79 Å². The molecule has 1 aromatic carbocycles. The molecule has 0 aliphatic carbocycles. The lowest BCUT2D eigenvalue weighted by atomic mass is 10.1. The largest absolute Gasteiger partial charge is 0.461 e. The Morgan fingerprint density at radius 2 is 1.79 bits per heavy atom. The number of nitrogens with one attached hydrogen (secondary N) is 1. The molecule has 3 aromatic heterocycles. The fourth-order valence-electron chi connectivity index (χ4n) is 2.21. The number of carbonyl (C=O) groups is 1. The van der Waals surface area contributed by atoms with Crippen LogP contribution in [0.15, 0.2) is 74.4 Å². The van der Waals surface area contributed by atoms with E-state index < -0.39 is 0 Å². The highest BCUT2D eigenvalue weighted by Gasteiger charge is 2.17. The standard InChI is InChI=1S/C17H11N3O4/c21-16(14-8-4-10-23-14)18-12-6-2-1-5-11(12)17-19-15(20-24-17)13-7-3-9-22-13/h1-10H,(H,18,21). The second-order valence-corrected chi connectivity index (χ2v) is 4.88. The highest BCUT2D eigenvalue weighted by molar-refractivity contribution is 6.04. The molecule has 118 valence electrons. The van der Waals surface area contributed by atoms with E-state index in [0.29, 0.717) is 22.8 Å². The van der Waals surface area contributed by atoms with Gasteiger partial charge in [0.1, 0.15) is 0 Å². The molecule has 0 spiro atoms. The van der Waals surface area contributed by atoms with Crippen molar-refractivity contribution in [1.82, 2.24) is 10.1 Å². The van der Waals surface area contributed by atoms with Crippen LogP contribution >= 0.6 is 0 Å². The van der Waals surface area contributed by atoms with Crippen molar-refractivity contribution >= 4 is 11.6 Å². The van der Waals surface area contributed by atoms with Gasteiger partial charge >= 0.3 is 0 Å². The van der Waals surface area contributed by atoms with Crippen LogP contribution in [0.1, 0.15) is 10.6 Å². The lowest BCUT2D eigenvalue weighted by Crippen LogP contribution is -2.11. The molecule has 7 heteroatoms. The van der Waals surface area contributed by atoms with E-state index in [1.807, 2.05) is 6.07 Å². The van der Waals surface area contributed by atoms with E-state index in [2.05, 4.69) is 15.5 Å². The van der Waals surface area contributed by atoms with Crippen LogP contribution in [0, 0.1) is 0 Å². The zero-order valence-electron chi connectivity index (χ0n) is 12.3. The molecule has 0 aliphatic rings. The number of anilines is 1. The highest BCUT2D eigenvalue weighted by atomic mass is 16.5. The lowest BCUT2D eigenvalue weighted by molar-refractivity contribution is 0.0996. The number of rotatable bonds is 4. The molecule has 0 atom stereocenters. The summed E-state index contributed by atoms with van der Waals surface area (Å²) in [5.41, 5.74) is 1.14. The fraction of sp³-hybridized carbons (Fsp3) is 0. The van der Waals surface area contributed by atoms with E-state index in [9.17, 15) is 4.79 Å². The molecule has 3 heterocycles. The third-order valence-corrected chi connectivity index (χ3v) is 3.32. The third-order valence-electron chi connectivity index (χ3n) is 3.32. The maximum Gasteiger partial charge on any atom is 0.291 e. The van der Waals surface area contributed by atoms with Crippen molar-refractivity contribution in [3.63, 3.8) is 0 Å². The minimum atomic E-state index is -0.363. The topological polar surface area (TPSA) is 94.3 Å². The number of furan rings is 2. The van der Waals surface area contributed by atoms with Crippen molar-refractivity contribution < 1.29 is 18.2 Å². The van der Waals surface area contributed by atoms with Crippen LogP contribution < -0.4 is 5.32 Å². The van der Waals surface area contributed by atoms with Gasteiger partial charge in [0.2, 0.25) is 5.82 Å². The first-order valence-corrected chi connectivity index (χ1v) is 7.13. The fourth-order valence-corrected chi connectivity index (χ4v) is 2.21. The summed E-state index contributed by atoms with van der Waals surface area (Å²) >= 11 is 0. The van der Waals surface area contributed by atoms with Crippen molar-refractivity contribution in [2.75, 3.05) is 5.32 Å². The molecule has 4 aromatic rings. The molecule has 0 fully saturated rings. The molecule has 24 heavy (non-hydrogen) atoms. The predicted octanol–water partition coefficient (Wildman–Crippen LogP) is 3.84. The molecular weight excluding hydrogens is 310 g/mol. The van der Waals surface area contributed by atoms with Gasteiger partial charge in [-0.15, -0.1) is 0 Å². The molecule has 0 radical (unpaired) electrons. The molecular formula is C17H11N3O4. The van der Waals surface area contributed by atoms with Crippen molar-refractivity contribution in [2.45, 2.75) is 0 Å². The Hall–Kier alpha value is -3.61. The van der Waals surface area contributed by atoms with Crippen LogP contribution in [0.2, 0.25) is 0 Å². The number of aromatic nitrogens is 2. The molecule has 1 N–H and O–H groups in total. The predicted molar refractivity (Wildman–Crippen MR) is 84.1 cm³/mol. The number of carbonyl (C=O) groups excluding carboxylic acids is 1. The SMILES string of the molecule is O=C(Nc1ccccc1-c1nc(-c2ccco2)no1)c1ccco1. The smallest absolute Gasteiger partial charge is 0.291 e. The number of nitrogens with zero attached hydrogens (tertiary/aromatic N) is 2. The minimum absolute atomic E-state index is 0.214. The van der Waals surface area contributed by atoms with Crippen LogP contribution in [0.3, 0.4) is 0 Å². The Kier molecular flexibility index (Phi) is 3.43. The van der Waals surface area contributed by atoms with E-state index in [4.69, 9.17) is 13.4 Å². The zero-order valence-corrected chi connectivity index (χ0v) is 12.3. The van der Waals surface area contributed by atoms with Gasteiger partial charge in [-0.25, -0.2) is 0 Å². The monoisotopic (exact) mass is 321 g/mol. The van der Waals surface area contributed by atoms with Gasteiger partial charge in [0.15, 0.2) is 11.5 Å². The maximum absolute atomic E-state index is 12.2. The number of amides is 1. The molecule has 0 aliphatic heterocycles. The average molecular weight is 321 g/mol. The van der Waals surface area contributed by atoms with Crippen LogP contribution in [0.5, 0.6) is 0 Å². The summed E-state index contributed by atoms with van der Waals surface area (Å²) in [4.78, 5) is 16.5. The normalized spacial score (nSPS) is 10.7. The summed E-state index contributed by atoms with van der Waals surface area (Å²) in [6, 6.07) is 13.8. The van der Waals surface area contributed by atoms with Crippen LogP contribution in [0.4, 0.5) is 5.69 Å². The Labute approximate surface area is 135 Å². The van der Waals surface area contributed by atoms with Gasteiger partial charge < -0.3 is 18.7 Å². The first-order valence-electron chi connectivity index (χ1n) is 7.13. The Morgan fingerprint density at radius 3 is 2.58 bits per heavy atom. The molecule has 1 amide bonds. The zero-order chi connectivity index (χ0) is 16.4. The van der Waals surface area contributed by atoms with Crippen LogP contribution in [0.25, 0.3) is 23.0 Å². The summed E-state index contributed by atoms with van der Waals surface area (Å²) in [7, 11) is 0. The molecule has 7 nitrogen and oxygen atoms in total. The van der Waals surface area contributed by atoms with Gasteiger partial charge in [-0.1, -0.05) is 17.3 Å². The molecule has 0 unspecified atom stereocenters. The minimum Gasteiger partial charge on any atom is -0.461 e. The summed E-state index contributed by atoms with van der Waals surface area (Å²) < 4.78 is 15.6. The second kappa shape index (κ2) is 5.88. The van der Waals surface area contributed by atoms with Crippen LogP contribution in [-0.2, 0) is 0 Å². The molecule has 0 saturated carbocycles. The van der Waals surface area contributed by atoms with Crippen molar-refractivity contribution in [3.05, 3.63) is 66.8 Å². The number of benzene rings is 1. The first-order chi connectivity index (χ1) is 11.8. The van der Waals surface area contributed by atoms with Crippen molar-refractivity contribution in [3.8, 4) is 23.0 Å². The summed E-state index contributed by atoms with van der Waals surface area (Å²) in [6.07, 6.45) is 2.97. The number of para-hydroxylation sites is 1. The number of hydrogen-bond donors (Lipinski definition) is 1. The Morgan fingerprint density at radius 1 is 0.958 bits per heavy atom. The van der Waals surface area contributed by atoms with Crippen molar-refractivity contribution in [2.24, 2.45) is 0 Å². The van der Waals surface area contributed by atoms with Gasteiger partial charge in [-0.05, 0) is 36.4 Å². The Balaban J connectivity index is 1.66. The Bertz CT molecular complexity index is 956. The molecule has 0 bridgehead atoms. The van der Waals surface area contributed by atoms with Crippen LogP contribution in [-0.4, -0.2) is 16.0 Å². The van der Waals surface area contributed by atoms with Gasteiger partial charge in [0.05, 0.1) is 23.8 Å². The first kappa shape index (κ1) is 14.0. The molecule has 0 saturated heterocycles. The van der Waals surface area contributed by atoms with E-state index in [1.54, 1.807) is 42.5 Å². The summed E-state index contributed by atoms with van der Waals surface area (Å²) in [5.74, 6) is 0.964. The molecule has 4 rings (SSSR count). The van der Waals surface area contributed by atoms with E-state index in [-0.39, 0.29) is 17.6 Å². The van der Waals surface area contributed by atoms with E-state index in [1.165, 1.54) is 12.5 Å². The maximum atomic E-state index is 12.2.